The highest BCUT2D eigenvalue weighted by Gasteiger charge is 2.25. The fourth-order valence-electron chi connectivity index (χ4n) is 3.09. The van der Waals surface area contributed by atoms with E-state index in [1.165, 1.54) is 6.42 Å². The van der Waals surface area contributed by atoms with Gasteiger partial charge in [-0.25, -0.2) is 8.78 Å². The second-order valence-electron chi connectivity index (χ2n) is 5.68. The van der Waals surface area contributed by atoms with E-state index in [9.17, 15) is 8.78 Å². The van der Waals surface area contributed by atoms with E-state index in [0.29, 0.717) is 11.1 Å². The molecular weight excluding hydrogens is 242 g/mol. The molecule has 0 radical (unpaired) electrons. The largest absolute Gasteiger partial charge is 0.203 e. The molecule has 0 bridgehead atoms. The first kappa shape index (κ1) is 14.2. The molecule has 1 aromatic rings. The lowest BCUT2D eigenvalue weighted by atomic mass is 9.77. The lowest BCUT2D eigenvalue weighted by molar-refractivity contribution is 0.306. The first-order chi connectivity index (χ1) is 9.13. The van der Waals surface area contributed by atoms with E-state index in [1.807, 2.05) is 6.08 Å². The Kier molecular flexibility index (Phi) is 4.73. The highest BCUT2D eigenvalue weighted by Crippen LogP contribution is 2.39. The normalized spacial score (nSPS) is 23.3. The average molecular weight is 264 g/mol. The monoisotopic (exact) mass is 264 g/mol. The summed E-state index contributed by atoms with van der Waals surface area (Å²) >= 11 is 0. The molecule has 1 fully saturated rings. The Morgan fingerprint density at radius 1 is 1.16 bits per heavy atom. The maximum absolute atomic E-state index is 14.0. The van der Waals surface area contributed by atoms with E-state index in [0.717, 1.165) is 38.0 Å². The quantitative estimate of drug-likeness (QED) is 0.629. The minimum atomic E-state index is -0.675. The van der Waals surface area contributed by atoms with Crippen LogP contribution in [0.25, 0.3) is 0 Å². The van der Waals surface area contributed by atoms with E-state index < -0.39 is 11.6 Å². The predicted octanol–water partition coefficient (Wildman–Crippen LogP) is 5.51. The van der Waals surface area contributed by atoms with Crippen LogP contribution in [0.4, 0.5) is 8.78 Å². The van der Waals surface area contributed by atoms with Crippen molar-refractivity contribution in [3.05, 3.63) is 47.5 Å². The maximum Gasteiger partial charge on any atom is 0.162 e. The molecule has 0 unspecified atom stereocenters. The summed E-state index contributed by atoms with van der Waals surface area (Å²) in [7, 11) is 0. The van der Waals surface area contributed by atoms with Gasteiger partial charge in [-0.2, -0.15) is 0 Å². The molecule has 2 heteroatoms. The van der Waals surface area contributed by atoms with Crippen molar-refractivity contribution in [2.45, 2.75) is 51.4 Å². The summed E-state index contributed by atoms with van der Waals surface area (Å²) in [4.78, 5) is 0. The van der Waals surface area contributed by atoms with Gasteiger partial charge in [0.1, 0.15) is 0 Å². The van der Waals surface area contributed by atoms with Gasteiger partial charge in [0.25, 0.3) is 0 Å². The molecule has 0 aromatic heterocycles. The van der Waals surface area contributed by atoms with E-state index in [-0.39, 0.29) is 5.92 Å². The molecule has 0 heterocycles. The third-order valence-electron chi connectivity index (χ3n) is 4.37. The Morgan fingerprint density at radius 3 is 2.47 bits per heavy atom. The molecule has 0 N–H and O–H groups in total. The van der Waals surface area contributed by atoms with Crippen molar-refractivity contribution in [3.8, 4) is 0 Å². The molecular formula is C17H22F2. The topological polar surface area (TPSA) is 0 Å². The summed E-state index contributed by atoms with van der Waals surface area (Å²) in [5.74, 6) is -0.386. The standard InChI is InChI=1S/C17H22F2/c1-3-4-5-13-7-9-14(10-8-13)15-11-6-12(2)16(18)17(15)19/h3,6,11,13-14H,1,4-5,7-10H2,2H3. The predicted molar refractivity (Wildman–Crippen MR) is 75.2 cm³/mol. The molecule has 104 valence electrons. The van der Waals surface area contributed by atoms with Gasteiger partial charge in [-0.05, 0) is 68.4 Å². The second kappa shape index (κ2) is 6.31. The Hall–Kier alpha value is -1.18. The fourth-order valence-corrected chi connectivity index (χ4v) is 3.09. The van der Waals surface area contributed by atoms with Gasteiger partial charge in [-0.3, -0.25) is 0 Å². The maximum atomic E-state index is 14.0. The van der Waals surface area contributed by atoms with Crippen LogP contribution in [0.1, 0.15) is 55.6 Å². The number of hydrogen-bond donors (Lipinski definition) is 0. The Labute approximate surface area is 114 Å². The number of benzene rings is 1. The van der Waals surface area contributed by atoms with Gasteiger partial charge in [0, 0.05) is 0 Å². The van der Waals surface area contributed by atoms with Gasteiger partial charge in [0.15, 0.2) is 11.6 Å². The Balaban J connectivity index is 2.02. The summed E-state index contributed by atoms with van der Waals surface area (Å²) in [5.41, 5.74) is 0.964. The van der Waals surface area contributed by atoms with Crippen molar-refractivity contribution in [3.63, 3.8) is 0 Å². The van der Waals surface area contributed by atoms with E-state index in [1.54, 1.807) is 19.1 Å². The number of hydrogen-bond acceptors (Lipinski definition) is 0. The van der Waals surface area contributed by atoms with Crippen LogP contribution in [0.15, 0.2) is 24.8 Å². The van der Waals surface area contributed by atoms with E-state index >= 15 is 0 Å². The van der Waals surface area contributed by atoms with Crippen LogP contribution < -0.4 is 0 Å². The number of allylic oxidation sites excluding steroid dienone is 1. The molecule has 1 aromatic carbocycles. The first-order valence-electron chi connectivity index (χ1n) is 7.19. The summed E-state index contributed by atoms with van der Waals surface area (Å²) in [6.45, 7) is 5.35. The van der Waals surface area contributed by atoms with Crippen LogP contribution >= 0.6 is 0 Å². The smallest absolute Gasteiger partial charge is 0.162 e. The third-order valence-corrected chi connectivity index (χ3v) is 4.37. The minimum absolute atomic E-state index is 0.190. The average Bonchev–Trinajstić information content (AvgIpc) is 2.44. The van der Waals surface area contributed by atoms with Gasteiger partial charge in [0.05, 0.1) is 0 Å². The molecule has 19 heavy (non-hydrogen) atoms. The van der Waals surface area contributed by atoms with Crippen LogP contribution in [0.3, 0.4) is 0 Å². The van der Waals surface area contributed by atoms with Crippen LogP contribution in [0.5, 0.6) is 0 Å². The van der Waals surface area contributed by atoms with E-state index in [2.05, 4.69) is 6.58 Å². The SMILES string of the molecule is C=CCCC1CCC(c2ccc(C)c(F)c2F)CC1. The van der Waals surface area contributed by atoms with Gasteiger partial charge in [-0.1, -0.05) is 18.2 Å². The molecule has 0 spiro atoms. The molecule has 1 aliphatic rings. The molecule has 0 aliphatic heterocycles. The molecule has 2 rings (SSSR count). The van der Waals surface area contributed by atoms with Gasteiger partial charge >= 0.3 is 0 Å². The summed E-state index contributed by atoms with van der Waals surface area (Å²) in [5, 5.41) is 0. The Morgan fingerprint density at radius 2 is 1.84 bits per heavy atom. The van der Waals surface area contributed by atoms with Gasteiger partial charge in [0.2, 0.25) is 0 Å². The zero-order chi connectivity index (χ0) is 13.8. The van der Waals surface area contributed by atoms with Crippen molar-refractivity contribution in [2.24, 2.45) is 5.92 Å². The number of halogens is 2. The van der Waals surface area contributed by atoms with Crippen LogP contribution in [0, 0.1) is 24.5 Å². The van der Waals surface area contributed by atoms with Gasteiger partial charge in [-0.15, -0.1) is 6.58 Å². The highest BCUT2D eigenvalue weighted by atomic mass is 19.2. The van der Waals surface area contributed by atoms with Crippen molar-refractivity contribution in [1.29, 1.82) is 0 Å². The van der Waals surface area contributed by atoms with Crippen molar-refractivity contribution >= 4 is 0 Å². The summed E-state index contributed by atoms with van der Waals surface area (Å²) < 4.78 is 27.6. The lowest BCUT2D eigenvalue weighted by Crippen LogP contribution is -2.15. The molecule has 1 aliphatic carbocycles. The summed E-state index contributed by atoms with van der Waals surface area (Å²) in [6.07, 6.45) is 8.38. The van der Waals surface area contributed by atoms with E-state index in [4.69, 9.17) is 0 Å². The van der Waals surface area contributed by atoms with Crippen LogP contribution in [-0.4, -0.2) is 0 Å². The minimum Gasteiger partial charge on any atom is -0.203 e. The molecule has 1 saturated carbocycles. The zero-order valence-electron chi connectivity index (χ0n) is 11.6. The first-order valence-corrected chi connectivity index (χ1v) is 7.19. The molecule has 0 atom stereocenters. The lowest BCUT2D eigenvalue weighted by Gasteiger charge is -2.29. The molecule has 0 saturated heterocycles. The fraction of sp³-hybridized carbons (Fsp3) is 0.529. The van der Waals surface area contributed by atoms with Crippen molar-refractivity contribution in [2.75, 3.05) is 0 Å². The van der Waals surface area contributed by atoms with Crippen molar-refractivity contribution in [1.82, 2.24) is 0 Å². The number of rotatable bonds is 4. The van der Waals surface area contributed by atoms with Crippen LogP contribution in [0.2, 0.25) is 0 Å². The van der Waals surface area contributed by atoms with Gasteiger partial charge < -0.3 is 0 Å². The van der Waals surface area contributed by atoms with Crippen LogP contribution in [-0.2, 0) is 0 Å². The third kappa shape index (κ3) is 3.23. The molecule has 0 nitrogen and oxygen atoms in total. The second-order valence-corrected chi connectivity index (χ2v) is 5.68. The van der Waals surface area contributed by atoms with Crippen molar-refractivity contribution < 1.29 is 8.78 Å². The Bertz CT molecular complexity index is 443. The summed E-state index contributed by atoms with van der Waals surface area (Å²) in [6, 6.07) is 3.46. The number of aryl methyl sites for hydroxylation is 1. The highest BCUT2D eigenvalue weighted by molar-refractivity contribution is 5.28. The zero-order valence-corrected chi connectivity index (χ0v) is 11.6. The molecule has 0 amide bonds.